The summed E-state index contributed by atoms with van der Waals surface area (Å²) in [5.74, 6) is 0.468. The second kappa shape index (κ2) is 6.61. The summed E-state index contributed by atoms with van der Waals surface area (Å²) in [5.41, 5.74) is 6.47. The molecule has 0 spiro atoms. The number of rotatable bonds is 4. The average molecular weight is 262 g/mol. The molecule has 1 heterocycles. The summed E-state index contributed by atoms with van der Waals surface area (Å²) in [4.78, 5) is 14.5. The Morgan fingerprint density at radius 3 is 2.84 bits per heavy atom. The molecule has 1 fully saturated rings. The number of nitrogens with zero attached hydrogens (tertiary/aromatic N) is 3. The zero-order valence-electron chi connectivity index (χ0n) is 11.5. The van der Waals surface area contributed by atoms with Crippen molar-refractivity contribution in [2.24, 2.45) is 11.7 Å². The molecule has 1 aliphatic carbocycles. The number of carbonyl (C=O) groups is 1. The van der Waals surface area contributed by atoms with Crippen LogP contribution in [-0.4, -0.2) is 40.1 Å². The summed E-state index contributed by atoms with van der Waals surface area (Å²) in [6.45, 7) is 3.39. The van der Waals surface area contributed by atoms with Crippen molar-refractivity contribution in [2.75, 3.05) is 13.1 Å². The van der Waals surface area contributed by atoms with Crippen LogP contribution in [0.1, 0.15) is 43.0 Å². The number of hydrogen-bond donors (Lipinski definition) is 1. The monoisotopic (exact) mass is 262 g/mol. The highest BCUT2D eigenvalue weighted by Crippen LogP contribution is 2.28. The van der Waals surface area contributed by atoms with Crippen molar-refractivity contribution in [3.05, 3.63) is 24.0 Å². The lowest BCUT2D eigenvalue weighted by Crippen LogP contribution is -2.48. The maximum absolute atomic E-state index is 12.6. The highest BCUT2D eigenvalue weighted by atomic mass is 16.2. The molecular formula is C14H22N4O. The van der Waals surface area contributed by atoms with E-state index in [-0.39, 0.29) is 11.9 Å². The molecule has 2 atom stereocenters. The first-order valence-corrected chi connectivity index (χ1v) is 7.05. The zero-order chi connectivity index (χ0) is 13.7. The van der Waals surface area contributed by atoms with Crippen molar-refractivity contribution in [3.8, 4) is 0 Å². The predicted octanol–water partition coefficient (Wildman–Crippen LogP) is 1.46. The van der Waals surface area contributed by atoms with Gasteiger partial charge in [-0.15, -0.1) is 0 Å². The molecule has 0 radical (unpaired) electrons. The second-order valence-electron chi connectivity index (χ2n) is 5.07. The minimum absolute atomic E-state index is 0.0442. The fraction of sp³-hybridized carbons (Fsp3) is 0.643. The van der Waals surface area contributed by atoms with Crippen LogP contribution in [0.4, 0.5) is 0 Å². The molecule has 5 heteroatoms. The number of aromatic nitrogens is 2. The molecule has 19 heavy (non-hydrogen) atoms. The summed E-state index contributed by atoms with van der Waals surface area (Å²) in [6.07, 6.45) is 7.67. The molecule has 1 amide bonds. The predicted molar refractivity (Wildman–Crippen MR) is 73.5 cm³/mol. The van der Waals surface area contributed by atoms with E-state index in [9.17, 15) is 4.79 Å². The summed E-state index contributed by atoms with van der Waals surface area (Å²) >= 11 is 0. The molecule has 2 rings (SSSR count). The summed E-state index contributed by atoms with van der Waals surface area (Å²) in [5, 5.41) is 7.50. The van der Waals surface area contributed by atoms with Gasteiger partial charge in [-0.05, 0) is 38.3 Å². The van der Waals surface area contributed by atoms with Gasteiger partial charge in [-0.2, -0.15) is 10.2 Å². The van der Waals surface area contributed by atoms with Gasteiger partial charge < -0.3 is 10.6 Å². The Labute approximate surface area is 114 Å². The lowest BCUT2D eigenvalue weighted by molar-refractivity contribution is 0.0559. The SMILES string of the molecule is CCN(C(=O)c1ccnnc1)C1CCCCC1CN. The molecule has 2 N–H and O–H groups in total. The van der Waals surface area contributed by atoms with Crippen molar-refractivity contribution in [2.45, 2.75) is 38.6 Å². The van der Waals surface area contributed by atoms with Gasteiger partial charge in [0.2, 0.25) is 0 Å². The van der Waals surface area contributed by atoms with Gasteiger partial charge in [0.1, 0.15) is 0 Å². The second-order valence-corrected chi connectivity index (χ2v) is 5.07. The van der Waals surface area contributed by atoms with Gasteiger partial charge in [-0.3, -0.25) is 4.79 Å². The lowest BCUT2D eigenvalue weighted by atomic mass is 9.83. The highest BCUT2D eigenvalue weighted by Gasteiger charge is 2.31. The largest absolute Gasteiger partial charge is 0.336 e. The van der Waals surface area contributed by atoms with E-state index in [4.69, 9.17) is 5.73 Å². The molecule has 1 saturated carbocycles. The first-order chi connectivity index (χ1) is 9.27. The van der Waals surface area contributed by atoms with Gasteiger partial charge in [-0.1, -0.05) is 12.8 Å². The number of amides is 1. The normalized spacial score (nSPS) is 23.1. The lowest BCUT2D eigenvalue weighted by Gasteiger charge is -2.39. The van der Waals surface area contributed by atoms with Crippen molar-refractivity contribution >= 4 is 5.91 Å². The Morgan fingerprint density at radius 1 is 1.42 bits per heavy atom. The first kappa shape index (κ1) is 13.9. The number of carbonyl (C=O) groups excluding carboxylic acids is 1. The third kappa shape index (κ3) is 3.10. The number of hydrogen-bond acceptors (Lipinski definition) is 4. The Morgan fingerprint density at radius 2 is 2.21 bits per heavy atom. The fourth-order valence-electron chi connectivity index (χ4n) is 2.99. The first-order valence-electron chi connectivity index (χ1n) is 7.05. The van der Waals surface area contributed by atoms with Crippen LogP contribution < -0.4 is 5.73 Å². The van der Waals surface area contributed by atoms with Gasteiger partial charge in [0.25, 0.3) is 5.91 Å². The zero-order valence-corrected chi connectivity index (χ0v) is 11.5. The smallest absolute Gasteiger partial charge is 0.255 e. The van der Waals surface area contributed by atoms with Crippen molar-refractivity contribution in [1.29, 1.82) is 0 Å². The van der Waals surface area contributed by atoms with Gasteiger partial charge in [-0.25, -0.2) is 0 Å². The Bertz CT molecular complexity index is 409. The van der Waals surface area contributed by atoms with E-state index in [1.165, 1.54) is 19.0 Å². The highest BCUT2D eigenvalue weighted by molar-refractivity contribution is 5.94. The minimum Gasteiger partial charge on any atom is -0.336 e. The maximum atomic E-state index is 12.6. The Hall–Kier alpha value is -1.49. The molecule has 104 valence electrons. The van der Waals surface area contributed by atoms with Crippen LogP contribution in [0.3, 0.4) is 0 Å². The van der Waals surface area contributed by atoms with Gasteiger partial charge in [0, 0.05) is 12.6 Å². The molecule has 2 unspecified atom stereocenters. The molecule has 1 aromatic heterocycles. The van der Waals surface area contributed by atoms with E-state index in [2.05, 4.69) is 10.2 Å². The molecule has 1 aliphatic rings. The fourth-order valence-corrected chi connectivity index (χ4v) is 2.99. The summed E-state index contributed by atoms with van der Waals surface area (Å²) in [6, 6.07) is 1.99. The van der Waals surface area contributed by atoms with Gasteiger partial charge in [0.15, 0.2) is 0 Å². The Kier molecular flexibility index (Phi) is 4.85. The molecule has 0 aliphatic heterocycles. The van der Waals surface area contributed by atoms with Gasteiger partial charge >= 0.3 is 0 Å². The average Bonchev–Trinajstić information content (AvgIpc) is 2.49. The van der Waals surface area contributed by atoms with Crippen LogP contribution in [0.2, 0.25) is 0 Å². The van der Waals surface area contributed by atoms with Crippen LogP contribution in [-0.2, 0) is 0 Å². The molecule has 0 bridgehead atoms. The van der Waals surface area contributed by atoms with E-state index < -0.39 is 0 Å². The molecule has 5 nitrogen and oxygen atoms in total. The van der Waals surface area contributed by atoms with E-state index in [0.717, 1.165) is 12.8 Å². The van der Waals surface area contributed by atoms with Crippen LogP contribution in [0.25, 0.3) is 0 Å². The molecule has 0 saturated heterocycles. The third-order valence-corrected chi connectivity index (χ3v) is 4.00. The van der Waals surface area contributed by atoms with Crippen molar-refractivity contribution < 1.29 is 4.79 Å². The minimum atomic E-state index is 0.0442. The van der Waals surface area contributed by atoms with E-state index in [1.54, 1.807) is 12.3 Å². The standard InChI is InChI=1S/C14H22N4O/c1-2-18(13-6-4-3-5-11(13)9-15)14(19)12-7-8-16-17-10-12/h7-8,10-11,13H,2-6,9,15H2,1H3. The maximum Gasteiger partial charge on any atom is 0.255 e. The van der Waals surface area contributed by atoms with Crippen LogP contribution in [0.5, 0.6) is 0 Å². The molecule has 1 aromatic rings. The van der Waals surface area contributed by atoms with E-state index in [1.807, 2.05) is 11.8 Å². The van der Waals surface area contributed by atoms with Crippen molar-refractivity contribution in [1.82, 2.24) is 15.1 Å². The van der Waals surface area contributed by atoms with Crippen LogP contribution in [0.15, 0.2) is 18.5 Å². The van der Waals surface area contributed by atoms with Gasteiger partial charge in [0.05, 0.1) is 18.0 Å². The third-order valence-electron chi connectivity index (χ3n) is 4.00. The number of nitrogens with two attached hydrogens (primary N) is 1. The Balaban J connectivity index is 2.16. The van der Waals surface area contributed by atoms with E-state index >= 15 is 0 Å². The quantitative estimate of drug-likeness (QED) is 0.891. The molecular weight excluding hydrogens is 240 g/mol. The van der Waals surface area contributed by atoms with Crippen LogP contribution in [0, 0.1) is 5.92 Å². The molecule has 0 aromatic carbocycles. The topological polar surface area (TPSA) is 72.1 Å². The van der Waals surface area contributed by atoms with E-state index in [0.29, 0.717) is 24.6 Å². The summed E-state index contributed by atoms with van der Waals surface area (Å²) in [7, 11) is 0. The van der Waals surface area contributed by atoms with Crippen LogP contribution >= 0.6 is 0 Å². The summed E-state index contributed by atoms with van der Waals surface area (Å²) < 4.78 is 0. The van der Waals surface area contributed by atoms with Crippen molar-refractivity contribution in [3.63, 3.8) is 0 Å².